The molecule has 1 aliphatic rings. The van der Waals surface area contributed by atoms with Crippen LogP contribution in [0.5, 0.6) is 0 Å². The van der Waals surface area contributed by atoms with Crippen LogP contribution in [0.15, 0.2) is 42.5 Å². The maximum absolute atomic E-state index is 11.6. The van der Waals surface area contributed by atoms with E-state index >= 15 is 0 Å². The van der Waals surface area contributed by atoms with E-state index in [1.54, 1.807) is 6.08 Å². The second-order valence-corrected chi connectivity index (χ2v) is 3.45. The van der Waals surface area contributed by atoms with Gasteiger partial charge in [-0.1, -0.05) is 42.5 Å². The Morgan fingerprint density at radius 3 is 2.40 bits per heavy atom. The van der Waals surface area contributed by atoms with Crippen molar-refractivity contribution in [3.05, 3.63) is 53.6 Å². The third kappa shape index (κ3) is 1.27. The molecule has 2 aromatic carbocycles. The Kier molecular flexibility index (Phi) is 2.14. The highest BCUT2D eigenvalue weighted by molar-refractivity contribution is 6.19. The van der Waals surface area contributed by atoms with Gasteiger partial charge in [0.25, 0.3) is 0 Å². The Hall–Kier alpha value is -1.93. The smallest absolute Gasteiger partial charge is 0.186 e. The highest BCUT2D eigenvalue weighted by atomic mass is 16.1. The van der Waals surface area contributed by atoms with Crippen LogP contribution in [0.1, 0.15) is 15.9 Å². The predicted octanol–water partition coefficient (Wildman–Crippen LogP) is 3.21. The monoisotopic (exact) mass is 197 g/mol. The van der Waals surface area contributed by atoms with Gasteiger partial charge in [0, 0.05) is 10.9 Å². The lowest BCUT2D eigenvalue weighted by atomic mass is 9.92. The van der Waals surface area contributed by atoms with Crippen molar-refractivity contribution >= 4 is 22.6 Å². The molecular weight excluding hydrogens is 186 g/mol. The third-order valence-corrected chi connectivity index (χ3v) is 2.62. The number of rotatable bonds is 0. The lowest BCUT2D eigenvalue weighted by Gasteiger charge is -2.10. The van der Waals surface area contributed by atoms with Crippen LogP contribution in [-0.2, 0) is 0 Å². The lowest BCUT2D eigenvalue weighted by molar-refractivity contribution is 0.104. The van der Waals surface area contributed by atoms with E-state index in [0.29, 0.717) is 0 Å². The van der Waals surface area contributed by atoms with Crippen molar-refractivity contribution in [3.8, 4) is 0 Å². The summed E-state index contributed by atoms with van der Waals surface area (Å²) in [6, 6.07) is 11.9. The van der Waals surface area contributed by atoms with E-state index in [9.17, 15) is 4.79 Å². The lowest BCUT2D eigenvalue weighted by Crippen LogP contribution is -2.00. The second-order valence-electron chi connectivity index (χ2n) is 3.45. The van der Waals surface area contributed by atoms with Crippen LogP contribution in [0.3, 0.4) is 0 Å². The summed E-state index contributed by atoms with van der Waals surface area (Å²) in [6.45, 7) is 0. The summed E-state index contributed by atoms with van der Waals surface area (Å²) < 4.78 is 0. The van der Waals surface area contributed by atoms with Gasteiger partial charge in [0.2, 0.25) is 0 Å². The van der Waals surface area contributed by atoms with Crippen molar-refractivity contribution in [2.45, 2.75) is 0 Å². The first-order chi connectivity index (χ1) is 6.86. The maximum Gasteiger partial charge on any atom is 0.186 e. The molecule has 0 aromatic heterocycles. The Morgan fingerprint density at radius 1 is 0.867 bits per heavy atom. The molecule has 0 bridgehead atoms. The first kappa shape index (κ1) is 9.62. The zero-order valence-electron chi connectivity index (χ0n) is 8.23. The first-order valence-electron chi connectivity index (χ1n) is 4.60. The summed E-state index contributed by atoms with van der Waals surface area (Å²) in [6.07, 6.45) is 3.52. The highest BCUT2D eigenvalue weighted by Crippen LogP contribution is 2.27. The predicted molar refractivity (Wildman–Crippen MR) is 62.3 cm³/mol. The average Bonchev–Trinajstić information content (AvgIpc) is 2.24. The van der Waals surface area contributed by atoms with E-state index in [1.165, 1.54) is 0 Å². The molecule has 0 spiro atoms. The maximum atomic E-state index is 11.6. The van der Waals surface area contributed by atoms with Crippen molar-refractivity contribution in [1.82, 2.24) is 6.15 Å². The summed E-state index contributed by atoms with van der Waals surface area (Å²) >= 11 is 0. The van der Waals surface area contributed by atoms with Gasteiger partial charge in [-0.25, -0.2) is 0 Å². The van der Waals surface area contributed by atoms with Crippen molar-refractivity contribution in [2.75, 3.05) is 0 Å². The van der Waals surface area contributed by atoms with Crippen LogP contribution in [0.2, 0.25) is 0 Å². The Balaban J connectivity index is 0.000000853. The molecule has 0 aliphatic heterocycles. The van der Waals surface area contributed by atoms with E-state index in [2.05, 4.69) is 0 Å². The normalized spacial score (nSPS) is 12.7. The fourth-order valence-electron chi connectivity index (χ4n) is 1.97. The molecule has 0 saturated heterocycles. The van der Waals surface area contributed by atoms with E-state index < -0.39 is 0 Å². The van der Waals surface area contributed by atoms with Gasteiger partial charge in [-0.05, 0) is 17.0 Å². The van der Waals surface area contributed by atoms with Crippen LogP contribution < -0.4 is 6.15 Å². The van der Waals surface area contributed by atoms with Gasteiger partial charge in [0.05, 0.1) is 0 Å². The Morgan fingerprint density at radius 2 is 1.60 bits per heavy atom. The van der Waals surface area contributed by atoms with E-state index in [1.807, 2.05) is 42.5 Å². The van der Waals surface area contributed by atoms with Gasteiger partial charge in [0.15, 0.2) is 5.78 Å². The van der Waals surface area contributed by atoms with Crippen molar-refractivity contribution < 1.29 is 4.79 Å². The molecule has 0 heterocycles. The molecule has 74 valence electrons. The number of hydrogen-bond acceptors (Lipinski definition) is 2. The van der Waals surface area contributed by atoms with Crippen LogP contribution in [-0.4, -0.2) is 5.78 Å². The minimum atomic E-state index is 0. The highest BCUT2D eigenvalue weighted by Gasteiger charge is 2.13. The molecular formula is C13H11NO. The molecule has 0 radical (unpaired) electrons. The number of carbonyl (C=O) groups excluding carboxylic acids is 1. The SMILES string of the molecule is N.O=C1C=Cc2cccc3cccc1c23. The van der Waals surface area contributed by atoms with Crippen LogP contribution >= 0.6 is 0 Å². The summed E-state index contributed by atoms with van der Waals surface area (Å²) in [5, 5.41) is 2.22. The summed E-state index contributed by atoms with van der Waals surface area (Å²) in [5.41, 5.74) is 1.96. The molecule has 0 saturated carbocycles. The summed E-state index contributed by atoms with van der Waals surface area (Å²) in [5.74, 6) is 0.106. The molecule has 2 heteroatoms. The molecule has 15 heavy (non-hydrogen) atoms. The quantitative estimate of drug-likeness (QED) is 0.705. The van der Waals surface area contributed by atoms with Gasteiger partial charge in [-0.2, -0.15) is 0 Å². The molecule has 0 atom stereocenters. The van der Waals surface area contributed by atoms with Crippen LogP contribution in [0.4, 0.5) is 0 Å². The Labute approximate surface area is 87.8 Å². The van der Waals surface area contributed by atoms with Gasteiger partial charge >= 0.3 is 0 Å². The molecule has 0 fully saturated rings. The summed E-state index contributed by atoms with van der Waals surface area (Å²) in [4.78, 5) is 11.6. The van der Waals surface area contributed by atoms with Crippen LogP contribution in [0, 0.1) is 0 Å². The van der Waals surface area contributed by atoms with E-state index in [0.717, 1.165) is 21.9 Å². The number of allylic oxidation sites excluding steroid dienone is 1. The van der Waals surface area contributed by atoms with E-state index in [4.69, 9.17) is 0 Å². The van der Waals surface area contributed by atoms with Gasteiger partial charge < -0.3 is 6.15 Å². The zero-order valence-corrected chi connectivity index (χ0v) is 8.23. The minimum Gasteiger partial charge on any atom is -0.344 e. The molecule has 0 amide bonds. The number of benzene rings is 2. The molecule has 2 nitrogen and oxygen atoms in total. The number of hydrogen-bond donors (Lipinski definition) is 1. The second kappa shape index (κ2) is 3.33. The Bertz CT molecular complexity index is 565. The zero-order chi connectivity index (χ0) is 9.54. The molecule has 1 aliphatic carbocycles. The number of ketones is 1. The average molecular weight is 197 g/mol. The van der Waals surface area contributed by atoms with Crippen molar-refractivity contribution in [2.24, 2.45) is 0 Å². The van der Waals surface area contributed by atoms with Crippen molar-refractivity contribution in [1.29, 1.82) is 0 Å². The minimum absolute atomic E-state index is 0. The van der Waals surface area contributed by atoms with E-state index in [-0.39, 0.29) is 11.9 Å². The van der Waals surface area contributed by atoms with Crippen molar-refractivity contribution in [3.63, 3.8) is 0 Å². The van der Waals surface area contributed by atoms with Crippen LogP contribution in [0.25, 0.3) is 16.8 Å². The van der Waals surface area contributed by atoms with Gasteiger partial charge in [0.1, 0.15) is 0 Å². The standard InChI is InChI=1S/C13H8O.H3N/c14-12-8-7-10-4-1-3-9-5-2-6-11(12)13(9)10;/h1-8H;1H3. The molecule has 0 unspecified atom stereocenters. The molecule has 3 N–H and O–H groups in total. The third-order valence-electron chi connectivity index (χ3n) is 2.62. The summed E-state index contributed by atoms with van der Waals surface area (Å²) in [7, 11) is 0. The number of carbonyl (C=O) groups is 1. The topological polar surface area (TPSA) is 52.1 Å². The van der Waals surface area contributed by atoms with Gasteiger partial charge in [-0.15, -0.1) is 0 Å². The largest absolute Gasteiger partial charge is 0.344 e. The fraction of sp³-hybridized carbons (Fsp3) is 0. The van der Waals surface area contributed by atoms with Gasteiger partial charge in [-0.3, -0.25) is 4.79 Å². The fourth-order valence-corrected chi connectivity index (χ4v) is 1.97. The first-order valence-corrected chi connectivity index (χ1v) is 4.60. The molecule has 3 rings (SSSR count). The molecule has 2 aromatic rings.